The molecule has 2 aliphatic rings. The van der Waals surface area contributed by atoms with E-state index in [4.69, 9.17) is 21.4 Å². The molecule has 0 aliphatic carbocycles. The number of carbonyl (C=O) groups excluding carboxylic acids is 6. The molecule has 12 N–H and O–H groups in total. The molecule has 2 aliphatic heterocycles. The first-order valence-electron chi connectivity index (χ1n) is 26.6. The first-order chi connectivity index (χ1) is 38.6. The van der Waals surface area contributed by atoms with E-state index in [9.17, 15) is 43.5 Å². The Hall–Kier alpha value is -8.52. The van der Waals surface area contributed by atoms with Gasteiger partial charge in [0.15, 0.2) is 17.0 Å². The second-order valence-corrected chi connectivity index (χ2v) is 20.6. The Bertz CT molecular complexity index is 2860. The molecule has 80 heavy (non-hydrogen) atoms. The maximum absolute atomic E-state index is 13.6. The molecule has 428 valence electrons. The summed E-state index contributed by atoms with van der Waals surface area (Å²) in [7, 11) is 1.80. The van der Waals surface area contributed by atoms with Crippen LogP contribution in [0.3, 0.4) is 0 Å². The highest BCUT2D eigenvalue weighted by atomic mass is 32.2. The van der Waals surface area contributed by atoms with Crippen molar-refractivity contribution in [2.75, 3.05) is 54.9 Å². The van der Waals surface area contributed by atoms with Gasteiger partial charge in [-0.2, -0.15) is 21.7 Å². The topological polar surface area (TPSA) is 403 Å². The minimum Gasteiger partial charge on any atom is -0.481 e. The number of unbranched alkanes of at least 4 members (excludes halogenated alkanes) is 4. The number of hydrogen-bond donors (Lipinski definition) is 11. The molecule has 7 amide bonds. The molecule has 5 atom stereocenters. The zero-order valence-electron chi connectivity index (χ0n) is 44.4. The molecule has 4 heterocycles. The van der Waals surface area contributed by atoms with Crippen LogP contribution in [0.4, 0.5) is 27.9 Å². The van der Waals surface area contributed by atoms with Gasteiger partial charge in [0, 0.05) is 90.9 Å². The zero-order chi connectivity index (χ0) is 57.4. The fraction of sp³-hybridized carbons (Fsp3) is 0.500. The van der Waals surface area contributed by atoms with E-state index in [2.05, 4.69) is 67.5 Å². The molecule has 0 unspecified atom stereocenters. The normalized spacial score (nSPS) is 15.9. The molecule has 2 aromatic heterocycles. The van der Waals surface area contributed by atoms with Crippen molar-refractivity contribution < 1.29 is 48.6 Å². The number of amides is 7. The number of thioether (sulfide) groups is 1. The second-order valence-electron chi connectivity index (χ2n) is 19.4. The quantitative estimate of drug-likeness (QED) is 0.0103. The van der Waals surface area contributed by atoms with Gasteiger partial charge in [-0.1, -0.05) is 30.1 Å². The summed E-state index contributed by atoms with van der Waals surface area (Å²) in [6.45, 7) is 1.74. The highest BCUT2D eigenvalue weighted by molar-refractivity contribution is 8.00. The number of carboxylic acid groups (broad SMARTS) is 2. The Morgan fingerprint density at radius 3 is 2.10 bits per heavy atom. The van der Waals surface area contributed by atoms with Crippen LogP contribution in [0.15, 0.2) is 59.8 Å². The van der Waals surface area contributed by atoms with Crippen molar-refractivity contribution >= 4 is 93.6 Å². The van der Waals surface area contributed by atoms with Crippen LogP contribution in [-0.4, -0.2) is 146 Å². The fourth-order valence-electron chi connectivity index (χ4n) is 8.97. The number of carboxylic acids is 2. The molecule has 0 bridgehead atoms. The largest absolute Gasteiger partial charge is 0.481 e. The number of hydrogen-bond acceptors (Lipinski definition) is 17. The number of nitrogens with two attached hydrogens (primary N) is 1. The van der Waals surface area contributed by atoms with Crippen molar-refractivity contribution in [1.82, 2.24) is 57.2 Å². The van der Waals surface area contributed by atoms with Crippen LogP contribution in [-0.2, 0) is 30.5 Å². The number of carbonyl (C=O) groups is 8. The molecule has 0 radical (unpaired) electrons. The van der Waals surface area contributed by atoms with Gasteiger partial charge in [-0.25, -0.2) is 19.6 Å². The lowest BCUT2D eigenvalue weighted by atomic mass is 10.0. The van der Waals surface area contributed by atoms with Crippen LogP contribution >= 0.6 is 11.8 Å². The Kier molecular flexibility index (Phi) is 23.7. The number of fused-ring (bicyclic) bond motifs is 2. The van der Waals surface area contributed by atoms with Crippen molar-refractivity contribution in [3.05, 3.63) is 82.0 Å². The van der Waals surface area contributed by atoms with Gasteiger partial charge in [-0.15, -0.1) is 0 Å². The maximum Gasteiger partial charge on any atom is 0.326 e. The van der Waals surface area contributed by atoms with Gasteiger partial charge >= 0.3 is 18.0 Å². The van der Waals surface area contributed by atoms with Crippen LogP contribution in [0.2, 0.25) is 0 Å². The number of benzene rings is 2. The number of rotatable bonds is 34. The standard InChI is InChI=1S/C52H69N17O10S/c1-69(35-20-16-32(17-21-35)48(75)62-37(50(77)78)22-23-42(72)73)29-34-28-59-46-44(60-34)45(65-51(53)66-46)57-26-9-27-58-49(76)36(61-47(74)31-14-18-33(19-15-31)67-68-54)10-6-8-25-56-40(70)12-3-2-7-24-55-41(71)13-5-4-11-39-43-38(30-80-39)63-52(79)64-43/h14-21,28,36-39,43H,2-13,22-27,29-30H2,1H3,(H,55,71)(H,56,70)(H,58,76)(H,61,74)(H,62,75)(H,72,73)(H,77,78)(H2,63,64,79)(H3,53,57,59,65,66)/t36-,37-,38-,39-,43-/m0/s1. The van der Waals surface area contributed by atoms with Crippen molar-refractivity contribution in [2.24, 2.45) is 5.11 Å². The number of anilines is 3. The van der Waals surface area contributed by atoms with Gasteiger partial charge < -0.3 is 63.4 Å². The Balaban J connectivity index is 0.905. The predicted molar refractivity (Wildman–Crippen MR) is 299 cm³/mol. The first kappa shape index (κ1) is 60.7. The van der Waals surface area contributed by atoms with Gasteiger partial charge in [0.1, 0.15) is 12.1 Å². The lowest BCUT2D eigenvalue weighted by Crippen LogP contribution is -2.47. The average molecular weight is 1120 g/mol. The zero-order valence-corrected chi connectivity index (χ0v) is 45.3. The highest BCUT2D eigenvalue weighted by Gasteiger charge is 2.42. The van der Waals surface area contributed by atoms with Crippen molar-refractivity contribution in [3.63, 3.8) is 0 Å². The Labute approximate surface area is 465 Å². The van der Waals surface area contributed by atoms with Crippen molar-refractivity contribution in [1.29, 1.82) is 0 Å². The molecule has 28 heteroatoms. The summed E-state index contributed by atoms with van der Waals surface area (Å²) in [5.41, 5.74) is 17.4. The van der Waals surface area contributed by atoms with Crippen LogP contribution in [0, 0.1) is 0 Å². The van der Waals surface area contributed by atoms with Gasteiger partial charge in [0.25, 0.3) is 11.8 Å². The summed E-state index contributed by atoms with van der Waals surface area (Å²) in [5, 5.41) is 45.4. The summed E-state index contributed by atoms with van der Waals surface area (Å²) in [4.78, 5) is 121. The second kappa shape index (κ2) is 31.2. The number of nitrogens with zero attached hydrogens (tertiary/aromatic N) is 8. The molecular weight excluding hydrogens is 1050 g/mol. The van der Waals surface area contributed by atoms with Crippen LogP contribution in [0.1, 0.15) is 116 Å². The van der Waals surface area contributed by atoms with Crippen LogP contribution in [0.25, 0.3) is 21.6 Å². The number of nitrogens with one attached hydrogen (secondary N) is 8. The molecular formula is C52H69N17O10S. The lowest BCUT2D eigenvalue weighted by molar-refractivity contribution is -0.140. The van der Waals surface area contributed by atoms with Gasteiger partial charge in [-0.3, -0.25) is 28.8 Å². The Morgan fingerprint density at radius 2 is 1.43 bits per heavy atom. The molecule has 4 aromatic rings. The third kappa shape index (κ3) is 19.4. The number of azide groups is 1. The summed E-state index contributed by atoms with van der Waals surface area (Å²) < 4.78 is 0. The van der Waals surface area contributed by atoms with E-state index in [1.807, 2.05) is 16.7 Å². The maximum atomic E-state index is 13.6. The van der Waals surface area contributed by atoms with Crippen LogP contribution in [0.5, 0.6) is 0 Å². The van der Waals surface area contributed by atoms with Gasteiger partial charge in [0.2, 0.25) is 23.7 Å². The Morgan fingerprint density at radius 1 is 0.775 bits per heavy atom. The predicted octanol–water partition coefficient (Wildman–Crippen LogP) is 4.03. The molecule has 2 fully saturated rings. The molecule has 2 saturated heterocycles. The summed E-state index contributed by atoms with van der Waals surface area (Å²) in [5.74, 6) is -2.97. The molecule has 6 rings (SSSR count). The summed E-state index contributed by atoms with van der Waals surface area (Å²) >= 11 is 1.87. The van der Waals surface area contributed by atoms with Crippen LogP contribution < -0.4 is 53.2 Å². The van der Waals surface area contributed by atoms with E-state index in [1.165, 1.54) is 36.4 Å². The first-order valence-corrected chi connectivity index (χ1v) is 27.7. The third-order valence-corrected chi connectivity index (χ3v) is 14.8. The number of aliphatic carboxylic acids is 2. The van der Waals surface area contributed by atoms with E-state index in [0.29, 0.717) is 91.8 Å². The van der Waals surface area contributed by atoms with E-state index < -0.39 is 48.2 Å². The summed E-state index contributed by atoms with van der Waals surface area (Å²) in [6, 6.07) is 10.3. The van der Waals surface area contributed by atoms with Crippen molar-refractivity contribution in [3.8, 4) is 0 Å². The third-order valence-electron chi connectivity index (χ3n) is 13.3. The van der Waals surface area contributed by atoms with Gasteiger partial charge in [-0.05, 0) is 99.7 Å². The fourth-order valence-corrected chi connectivity index (χ4v) is 10.5. The smallest absolute Gasteiger partial charge is 0.326 e. The molecule has 0 saturated carbocycles. The molecule has 27 nitrogen and oxygen atoms in total. The van der Waals surface area contributed by atoms with Gasteiger partial charge in [0.05, 0.1) is 30.5 Å². The monoisotopic (exact) mass is 1120 g/mol. The number of nitrogen functional groups attached to an aromatic ring is 1. The minimum atomic E-state index is -1.36. The molecule has 2 aromatic carbocycles. The lowest BCUT2D eigenvalue weighted by Gasteiger charge is -2.20. The average Bonchev–Trinajstić information content (AvgIpc) is 4.03. The SMILES string of the molecule is CN(Cc1cnc2nc(N)nc(NCCCNC(=O)[C@H](CCCCNC(=O)CCCCCNC(=O)CCCC[C@@H]3SC[C@@H]4NC(=O)N[C@@H]43)NC(=O)c3ccc(N=[N+]=[N-])cc3)c2n1)c1ccc(C(=O)N[C@@H](CCC(=O)O)C(=O)O)cc1. The minimum absolute atomic E-state index is 0.0186. The van der Waals surface area contributed by atoms with E-state index in [-0.39, 0.29) is 78.6 Å². The van der Waals surface area contributed by atoms with E-state index >= 15 is 0 Å². The highest BCUT2D eigenvalue weighted by Crippen LogP contribution is 2.33. The number of urea groups is 1. The summed E-state index contributed by atoms with van der Waals surface area (Å²) in [6.07, 6.45) is 8.32. The molecule has 0 spiro atoms. The van der Waals surface area contributed by atoms with E-state index in [0.717, 1.165) is 37.9 Å². The van der Waals surface area contributed by atoms with Crippen molar-refractivity contribution in [2.45, 2.75) is 126 Å². The number of aromatic nitrogens is 4. The van der Waals surface area contributed by atoms with E-state index in [1.54, 1.807) is 25.4 Å².